The van der Waals surface area contributed by atoms with Gasteiger partial charge in [-0.25, -0.2) is 0 Å². The summed E-state index contributed by atoms with van der Waals surface area (Å²) in [4.78, 5) is 8.67. The molecule has 1 aliphatic rings. The van der Waals surface area contributed by atoms with Crippen molar-refractivity contribution in [1.29, 1.82) is 0 Å². The minimum absolute atomic E-state index is 0. The monoisotopic (exact) mass is 406 g/mol. The maximum Gasteiger partial charge on any atom is 0.191 e. The lowest BCUT2D eigenvalue weighted by atomic mass is 10.2. The fourth-order valence-corrected chi connectivity index (χ4v) is 3.19. The number of aromatic nitrogens is 1. The second-order valence-electron chi connectivity index (χ2n) is 4.75. The number of nitrogens with one attached hydrogen (secondary N) is 2. The first kappa shape index (κ1) is 17.6. The average Bonchev–Trinajstić information content (AvgIpc) is 2.46. The van der Waals surface area contributed by atoms with E-state index in [4.69, 9.17) is 0 Å². The lowest BCUT2D eigenvalue weighted by molar-refractivity contribution is 0.581. The molecule has 2 rings (SSSR count). The van der Waals surface area contributed by atoms with Crippen LogP contribution in [-0.4, -0.2) is 35.5 Å². The largest absolute Gasteiger partial charge is 0.353 e. The number of aryl methyl sites for hydroxylation is 1. The molecule has 0 spiro atoms. The van der Waals surface area contributed by atoms with Crippen molar-refractivity contribution in [3.8, 4) is 0 Å². The molecule has 1 aliphatic heterocycles. The van der Waals surface area contributed by atoms with Gasteiger partial charge in [0.1, 0.15) is 0 Å². The fraction of sp³-hybridized carbons (Fsp3) is 0.571. The van der Waals surface area contributed by atoms with Crippen molar-refractivity contribution in [2.45, 2.75) is 32.4 Å². The van der Waals surface area contributed by atoms with E-state index in [2.05, 4.69) is 33.6 Å². The van der Waals surface area contributed by atoms with Gasteiger partial charge >= 0.3 is 0 Å². The van der Waals surface area contributed by atoms with Gasteiger partial charge in [-0.05, 0) is 37.1 Å². The topological polar surface area (TPSA) is 49.3 Å². The Kier molecular flexibility index (Phi) is 8.28. The highest BCUT2D eigenvalue weighted by molar-refractivity contribution is 14.0. The number of halogens is 1. The van der Waals surface area contributed by atoms with Crippen LogP contribution in [-0.2, 0) is 6.54 Å². The van der Waals surface area contributed by atoms with Crippen molar-refractivity contribution in [3.63, 3.8) is 0 Å². The first-order valence-electron chi connectivity index (χ1n) is 6.75. The van der Waals surface area contributed by atoms with Crippen molar-refractivity contribution < 1.29 is 0 Å². The third kappa shape index (κ3) is 5.47. The molecule has 0 radical (unpaired) electrons. The summed E-state index contributed by atoms with van der Waals surface area (Å²) in [5.74, 6) is 3.33. The number of hydrogen-bond donors (Lipinski definition) is 2. The molecule has 2 N–H and O–H groups in total. The smallest absolute Gasteiger partial charge is 0.191 e. The van der Waals surface area contributed by atoms with Crippen LogP contribution in [0.3, 0.4) is 0 Å². The number of thioether (sulfide) groups is 1. The van der Waals surface area contributed by atoms with Crippen LogP contribution < -0.4 is 10.6 Å². The first-order valence-corrected chi connectivity index (χ1v) is 7.90. The molecule has 2 heterocycles. The van der Waals surface area contributed by atoms with Gasteiger partial charge in [0.15, 0.2) is 5.96 Å². The molecular weight excluding hydrogens is 383 g/mol. The van der Waals surface area contributed by atoms with E-state index in [9.17, 15) is 0 Å². The van der Waals surface area contributed by atoms with Gasteiger partial charge in [-0.2, -0.15) is 11.8 Å². The Labute approximate surface area is 142 Å². The maximum atomic E-state index is 4.38. The number of hydrogen-bond acceptors (Lipinski definition) is 3. The van der Waals surface area contributed by atoms with Crippen LogP contribution in [0.1, 0.15) is 24.1 Å². The Bertz CT molecular complexity index is 433. The zero-order valence-electron chi connectivity index (χ0n) is 12.1. The molecular formula is C14H23IN4S. The number of aliphatic imine (C=N–C) groups is 1. The SMILES string of the molecule is CN=C(NCc1ncccc1C)NC1CCCSC1.I. The van der Waals surface area contributed by atoms with Crippen molar-refractivity contribution in [2.24, 2.45) is 4.99 Å². The zero-order valence-corrected chi connectivity index (χ0v) is 15.2. The molecule has 1 fully saturated rings. The summed E-state index contributed by atoms with van der Waals surface area (Å²) in [6, 6.07) is 4.58. The van der Waals surface area contributed by atoms with Gasteiger partial charge in [-0.15, -0.1) is 24.0 Å². The third-order valence-electron chi connectivity index (χ3n) is 3.27. The predicted molar refractivity (Wildman–Crippen MR) is 98.1 cm³/mol. The second-order valence-corrected chi connectivity index (χ2v) is 5.90. The molecule has 20 heavy (non-hydrogen) atoms. The van der Waals surface area contributed by atoms with Gasteiger partial charge in [0, 0.05) is 25.0 Å². The van der Waals surface area contributed by atoms with E-state index < -0.39 is 0 Å². The van der Waals surface area contributed by atoms with Crippen molar-refractivity contribution in [1.82, 2.24) is 15.6 Å². The predicted octanol–water partition coefficient (Wildman–Crippen LogP) is 2.57. The van der Waals surface area contributed by atoms with Gasteiger partial charge in [0.25, 0.3) is 0 Å². The summed E-state index contributed by atoms with van der Waals surface area (Å²) in [5, 5.41) is 6.83. The molecule has 1 atom stereocenters. The highest BCUT2D eigenvalue weighted by Crippen LogP contribution is 2.16. The number of guanidine groups is 1. The van der Waals surface area contributed by atoms with Crippen LogP contribution in [0.5, 0.6) is 0 Å². The molecule has 1 saturated heterocycles. The number of nitrogens with zero attached hydrogens (tertiary/aromatic N) is 2. The molecule has 4 nitrogen and oxygen atoms in total. The van der Waals surface area contributed by atoms with Gasteiger partial charge in [-0.3, -0.25) is 9.98 Å². The second kappa shape index (κ2) is 9.44. The standard InChI is InChI=1S/C14H22N4S.HI/c1-11-5-3-7-16-13(11)9-17-14(15-2)18-12-6-4-8-19-10-12;/h3,5,7,12H,4,6,8-10H2,1-2H3,(H2,15,17,18);1H. The Morgan fingerprint density at radius 2 is 2.40 bits per heavy atom. The Morgan fingerprint density at radius 1 is 1.55 bits per heavy atom. The summed E-state index contributed by atoms with van der Waals surface area (Å²) in [6.45, 7) is 2.80. The highest BCUT2D eigenvalue weighted by atomic mass is 127. The fourth-order valence-electron chi connectivity index (χ4n) is 2.11. The van der Waals surface area contributed by atoms with E-state index in [1.807, 2.05) is 31.1 Å². The summed E-state index contributed by atoms with van der Waals surface area (Å²) < 4.78 is 0. The van der Waals surface area contributed by atoms with Crippen LogP contribution in [0.25, 0.3) is 0 Å². The van der Waals surface area contributed by atoms with Crippen molar-refractivity contribution >= 4 is 41.7 Å². The van der Waals surface area contributed by atoms with Gasteiger partial charge in [0.05, 0.1) is 12.2 Å². The summed E-state index contributed by atoms with van der Waals surface area (Å²) in [5.41, 5.74) is 2.28. The summed E-state index contributed by atoms with van der Waals surface area (Å²) >= 11 is 2.01. The maximum absolute atomic E-state index is 4.38. The highest BCUT2D eigenvalue weighted by Gasteiger charge is 2.14. The molecule has 1 aromatic heterocycles. The third-order valence-corrected chi connectivity index (χ3v) is 4.48. The van der Waals surface area contributed by atoms with Crippen LogP contribution in [0.2, 0.25) is 0 Å². The van der Waals surface area contributed by atoms with E-state index in [0.29, 0.717) is 12.6 Å². The molecule has 112 valence electrons. The molecule has 0 amide bonds. The molecule has 0 aliphatic carbocycles. The molecule has 1 aromatic rings. The Morgan fingerprint density at radius 3 is 3.05 bits per heavy atom. The van der Waals surface area contributed by atoms with Crippen LogP contribution in [0, 0.1) is 6.92 Å². The Hall–Kier alpha value is -0.500. The lowest BCUT2D eigenvalue weighted by Crippen LogP contribution is -2.45. The molecule has 0 aromatic carbocycles. The number of pyridine rings is 1. The normalized spacial score (nSPS) is 19.1. The van der Waals surface area contributed by atoms with Gasteiger partial charge < -0.3 is 10.6 Å². The molecule has 1 unspecified atom stereocenters. The van der Waals surface area contributed by atoms with E-state index in [1.54, 1.807) is 0 Å². The van der Waals surface area contributed by atoms with Crippen LogP contribution in [0.4, 0.5) is 0 Å². The van der Waals surface area contributed by atoms with E-state index >= 15 is 0 Å². The summed E-state index contributed by atoms with van der Waals surface area (Å²) in [7, 11) is 1.82. The first-order chi connectivity index (χ1) is 9.29. The van der Waals surface area contributed by atoms with Crippen LogP contribution in [0.15, 0.2) is 23.3 Å². The quantitative estimate of drug-likeness (QED) is 0.460. The van der Waals surface area contributed by atoms with Crippen LogP contribution >= 0.6 is 35.7 Å². The molecule has 6 heteroatoms. The molecule has 0 saturated carbocycles. The van der Waals surface area contributed by atoms with E-state index in [-0.39, 0.29) is 24.0 Å². The van der Waals surface area contributed by atoms with E-state index in [1.165, 1.54) is 29.9 Å². The van der Waals surface area contributed by atoms with E-state index in [0.717, 1.165) is 11.7 Å². The average molecular weight is 406 g/mol. The zero-order chi connectivity index (χ0) is 13.5. The minimum Gasteiger partial charge on any atom is -0.353 e. The van der Waals surface area contributed by atoms with Gasteiger partial charge in [0.2, 0.25) is 0 Å². The lowest BCUT2D eigenvalue weighted by Gasteiger charge is -2.24. The number of rotatable bonds is 3. The van der Waals surface area contributed by atoms with Crippen molar-refractivity contribution in [2.75, 3.05) is 18.6 Å². The van der Waals surface area contributed by atoms with Crippen molar-refractivity contribution in [3.05, 3.63) is 29.6 Å². The Balaban J connectivity index is 0.00000200. The minimum atomic E-state index is 0. The molecule has 0 bridgehead atoms. The van der Waals surface area contributed by atoms with Gasteiger partial charge in [-0.1, -0.05) is 6.07 Å². The summed E-state index contributed by atoms with van der Waals surface area (Å²) in [6.07, 6.45) is 4.35.